The zero-order valence-electron chi connectivity index (χ0n) is 16.3. The maximum Gasteiger partial charge on any atom is 0.217 e. The fourth-order valence-corrected chi connectivity index (χ4v) is 4.76. The highest BCUT2D eigenvalue weighted by atomic mass is 16.5. The van der Waals surface area contributed by atoms with Gasteiger partial charge in [-0.3, -0.25) is 9.59 Å². The number of phenols is 1. The molecule has 0 aromatic heterocycles. The molecule has 0 bridgehead atoms. The SMILES string of the molecule is COC1=C[C@@H]2C3=C([C@H]2C1=O)[C@H](NC(C)=O)CCc1cc(OC)c(O)c(OC)c13. The fraction of sp³-hybridized carbons (Fsp3) is 0.429. The van der Waals surface area contributed by atoms with Crippen LogP contribution in [0.15, 0.2) is 23.5 Å². The second-order valence-corrected chi connectivity index (χ2v) is 7.26. The van der Waals surface area contributed by atoms with Crippen molar-refractivity contribution in [3.63, 3.8) is 0 Å². The quantitative estimate of drug-likeness (QED) is 0.823. The summed E-state index contributed by atoms with van der Waals surface area (Å²) >= 11 is 0. The summed E-state index contributed by atoms with van der Waals surface area (Å²) in [7, 11) is 4.47. The fourth-order valence-electron chi connectivity index (χ4n) is 4.76. The number of carbonyl (C=O) groups is 2. The van der Waals surface area contributed by atoms with Crippen molar-refractivity contribution < 1.29 is 28.9 Å². The standard InChI is InChI=1S/C21H23NO6/c1-9(23)22-12-6-5-10-7-13(26-2)20(25)21(28-4)15(10)16-11-8-14(27-3)19(24)17(11)18(12)16/h7-8,11-12,17,25H,5-6H2,1-4H3,(H,22,23)/t11-,12-,17+/m1/s1. The van der Waals surface area contributed by atoms with Crippen molar-refractivity contribution in [3.8, 4) is 17.2 Å². The van der Waals surface area contributed by atoms with Crippen molar-refractivity contribution in [1.29, 1.82) is 0 Å². The molecule has 0 saturated heterocycles. The number of ether oxygens (including phenoxy) is 3. The van der Waals surface area contributed by atoms with Crippen molar-refractivity contribution >= 4 is 17.3 Å². The zero-order chi connectivity index (χ0) is 20.2. The topological polar surface area (TPSA) is 94.1 Å². The highest BCUT2D eigenvalue weighted by molar-refractivity contribution is 6.08. The molecule has 0 saturated carbocycles. The average molecular weight is 385 g/mol. The molecular weight excluding hydrogens is 362 g/mol. The molecule has 1 amide bonds. The first-order valence-electron chi connectivity index (χ1n) is 9.21. The number of amides is 1. The number of fused-ring (bicyclic) bond motifs is 5. The number of phenolic OH excluding ortho intramolecular Hbond substituents is 1. The minimum absolute atomic E-state index is 0.0678. The van der Waals surface area contributed by atoms with Crippen LogP contribution in [0.2, 0.25) is 0 Å². The number of aryl methyl sites for hydroxylation is 1. The Morgan fingerprint density at radius 2 is 1.96 bits per heavy atom. The Hall–Kier alpha value is -2.96. The number of benzene rings is 1. The van der Waals surface area contributed by atoms with Crippen LogP contribution in [0.5, 0.6) is 17.2 Å². The number of carbonyl (C=O) groups excluding carboxylic acids is 2. The van der Waals surface area contributed by atoms with E-state index in [-0.39, 0.29) is 35.3 Å². The zero-order valence-corrected chi connectivity index (χ0v) is 16.3. The Kier molecular flexibility index (Phi) is 4.33. The van der Waals surface area contributed by atoms with Gasteiger partial charge in [0, 0.05) is 18.4 Å². The van der Waals surface area contributed by atoms with E-state index in [2.05, 4.69) is 5.32 Å². The molecule has 0 radical (unpaired) electrons. The maximum absolute atomic E-state index is 12.8. The average Bonchev–Trinajstić information content (AvgIpc) is 2.84. The van der Waals surface area contributed by atoms with Crippen molar-refractivity contribution in [2.24, 2.45) is 11.8 Å². The normalized spacial score (nSPS) is 24.9. The molecule has 28 heavy (non-hydrogen) atoms. The third-order valence-corrected chi connectivity index (χ3v) is 5.87. The number of rotatable bonds is 4. The Balaban J connectivity index is 1.95. The number of methoxy groups -OCH3 is 3. The number of Topliss-reactive ketones (excluding diaryl/α,β-unsaturated/α-hetero) is 1. The molecule has 0 aliphatic heterocycles. The van der Waals surface area contributed by atoms with E-state index in [0.29, 0.717) is 30.1 Å². The van der Waals surface area contributed by atoms with Gasteiger partial charge in [0.25, 0.3) is 0 Å². The summed E-state index contributed by atoms with van der Waals surface area (Å²) in [5, 5.41) is 13.6. The van der Waals surface area contributed by atoms with E-state index in [4.69, 9.17) is 14.2 Å². The van der Waals surface area contributed by atoms with Crippen LogP contribution in [0.1, 0.15) is 24.5 Å². The van der Waals surface area contributed by atoms with E-state index in [9.17, 15) is 14.7 Å². The van der Waals surface area contributed by atoms with Gasteiger partial charge in [0.2, 0.25) is 17.4 Å². The van der Waals surface area contributed by atoms with Crippen LogP contribution in [0.3, 0.4) is 0 Å². The minimum Gasteiger partial charge on any atom is -0.502 e. The molecule has 3 aliphatic carbocycles. The Labute approximate surface area is 163 Å². The molecule has 4 rings (SSSR count). The summed E-state index contributed by atoms with van der Waals surface area (Å²) in [5.74, 6) is 0.206. The molecule has 2 N–H and O–H groups in total. The molecule has 3 aliphatic rings. The second kappa shape index (κ2) is 6.58. The van der Waals surface area contributed by atoms with Crippen LogP contribution in [-0.2, 0) is 20.7 Å². The number of allylic oxidation sites excluding steroid dienone is 3. The van der Waals surface area contributed by atoms with Gasteiger partial charge in [0.05, 0.1) is 33.3 Å². The monoisotopic (exact) mass is 385 g/mol. The molecule has 7 heteroatoms. The van der Waals surface area contributed by atoms with E-state index >= 15 is 0 Å². The van der Waals surface area contributed by atoms with Crippen molar-refractivity contribution in [3.05, 3.63) is 34.6 Å². The Morgan fingerprint density at radius 3 is 2.57 bits per heavy atom. The van der Waals surface area contributed by atoms with Gasteiger partial charge >= 0.3 is 0 Å². The van der Waals surface area contributed by atoms with Gasteiger partial charge in [-0.05, 0) is 41.7 Å². The number of nitrogens with one attached hydrogen (secondary N) is 1. The highest BCUT2D eigenvalue weighted by Crippen LogP contribution is 2.59. The smallest absolute Gasteiger partial charge is 0.217 e. The molecule has 148 valence electrons. The van der Waals surface area contributed by atoms with Crippen molar-refractivity contribution in [2.75, 3.05) is 21.3 Å². The van der Waals surface area contributed by atoms with Crippen LogP contribution in [0.25, 0.3) is 5.57 Å². The van der Waals surface area contributed by atoms with E-state index in [0.717, 1.165) is 22.3 Å². The van der Waals surface area contributed by atoms with Gasteiger partial charge in [-0.1, -0.05) is 0 Å². The molecular formula is C21H23NO6. The summed E-state index contributed by atoms with van der Waals surface area (Å²) in [6.07, 6.45) is 3.11. The molecule has 3 atom stereocenters. The van der Waals surface area contributed by atoms with Crippen LogP contribution in [0, 0.1) is 11.8 Å². The van der Waals surface area contributed by atoms with Crippen LogP contribution in [-0.4, -0.2) is 44.2 Å². The van der Waals surface area contributed by atoms with Gasteiger partial charge < -0.3 is 24.6 Å². The van der Waals surface area contributed by atoms with Crippen molar-refractivity contribution in [2.45, 2.75) is 25.8 Å². The number of aromatic hydroxyl groups is 1. The van der Waals surface area contributed by atoms with Gasteiger partial charge in [0.15, 0.2) is 17.3 Å². The molecule has 7 nitrogen and oxygen atoms in total. The molecule has 0 unspecified atom stereocenters. The minimum atomic E-state index is -0.346. The lowest BCUT2D eigenvalue weighted by atomic mass is 9.64. The summed E-state index contributed by atoms with van der Waals surface area (Å²) < 4.78 is 16.1. The molecule has 0 heterocycles. The highest BCUT2D eigenvalue weighted by Gasteiger charge is 2.54. The lowest BCUT2D eigenvalue weighted by Crippen LogP contribution is -2.44. The summed E-state index contributed by atoms with van der Waals surface area (Å²) in [6.45, 7) is 1.47. The summed E-state index contributed by atoms with van der Waals surface area (Å²) in [4.78, 5) is 24.6. The summed E-state index contributed by atoms with van der Waals surface area (Å²) in [6, 6.07) is 1.55. The Morgan fingerprint density at radius 1 is 1.21 bits per heavy atom. The predicted octanol–water partition coefficient (Wildman–Crippen LogP) is 1.97. The predicted molar refractivity (Wildman–Crippen MR) is 101 cm³/mol. The molecule has 1 aromatic rings. The van der Waals surface area contributed by atoms with Gasteiger partial charge in [-0.15, -0.1) is 0 Å². The third-order valence-electron chi connectivity index (χ3n) is 5.87. The van der Waals surface area contributed by atoms with E-state index < -0.39 is 0 Å². The first-order valence-corrected chi connectivity index (χ1v) is 9.21. The maximum atomic E-state index is 12.8. The molecule has 0 fully saturated rings. The largest absolute Gasteiger partial charge is 0.502 e. The lowest BCUT2D eigenvalue weighted by Gasteiger charge is -2.40. The number of hydrogen-bond donors (Lipinski definition) is 2. The third kappa shape index (κ3) is 2.42. The molecule has 0 spiro atoms. The summed E-state index contributed by atoms with van der Waals surface area (Å²) in [5.41, 5.74) is 3.55. The van der Waals surface area contributed by atoms with E-state index in [1.54, 1.807) is 6.07 Å². The van der Waals surface area contributed by atoms with Crippen LogP contribution in [0.4, 0.5) is 0 Å². The van der Waals surface area contributed by atoms with Gasteiger partial charge in [0.1, 0.15) is 0 Å². The molecule has 1 aromatic carbocycles. The number of hydrogen-bond acceptors (Lipinski definition) is 6. The first kappa shape index (κ1) is 18.4. The van der Waals surface area contributed by atoms with Crippen LogP contribution >= 0.6 is 0 Å². The van der Waals surface area contributed by atoms with Crippen molar-refractivity contribution in [1.82, 2.24) is 5.32 Å². The van der Waals surface area contributed by atoms with E-state index in [1.165, 1.54) is 28.3 Å². The second-order valence-electron chi connectivity index (χ2n) is 7.26. The lowest BCUT2D eigenvalue weighted by molar-refractivity contribution is -0.122. The van der Waals surface area contributed by atoms with Crippen LogP contribution < -0.4 is 14.8 Å². The Bertz CT molecular complexity index is 945. The van der Waals surface area contributed by atoms with E-state index in [1.807, 2.05) is 6.08 Å². The van der Waals surface area contributed by atoms with Gasteiger partial charge in [-0.2, -0.15) is 0 Å². The van der Waals surface area contributed by atoms with Gasteiger partial charge in [-0.25, -0.2) is 0 Å². The first-order chi connectivity index (χ1) is 13.4. The number of ketones is 1.